The SMILES string of the molecule is O=C(O[C@@H]1[C@@H](OC[C@H]2O[C@H](OC[C@H]3O[C@H](O)[C@@H](OCc4ccccc4)[C@@H]3OCc3ccccc3)[C@@H](OCc3ccccc3)[C@@H]2OCc2ccccc2)O[C@H](COCc2ccccc2)[C@H]1OCc1ccccc1)c1ccccc1. The number of carbonyl (C=O) groups excluding carboxylic acids is 1. The summed E-state index contributed by atoms with van der Waals surface area (Å²) in [5, 5.41) is 11.4. The monoisotopic (exact) mass is 1060 g/mol. The molecule has 14 nitrogen and oxygen atoms in total. The first kappa shape index (κ1) is 54.9. The maximum Gasteiger partial charge on any atom is 0.338 e. The van der Waals surface area contributed by atoms with Gasteiger partial charge in [0.1, 0.15) is 48.8 Å². The van der Waals surface area contributed by atoms with Crippen molar-refractivity contribution in [2.24, 2.45) is 0 Å². The molecule has 3 heterocycles. The zero-order valence-electron chi connectivity index (χ0n) is 43.3. The fraction of sp³-hybridized carbons (Fsp3) is 0.328. The quantitative estimate of drug-likeness (QED) is 0.0488. The van der Waals surface area contributed by atoms with Crippen molar-refractivity contribution >= 4 is 5.97 Å². The minimum atomic E-state index is -1.32. The molecule has 0 radical (unpaired) electrons. The van der Waals surface area contributed by atoms with Crippen LogP contribution in [0.2, 0.25) is 0 Å². The Kier molecular flexibility index (Phi) is 20.0. The molecule has 14 heteroatoms. The third kappa shape index (κ3) is 15.2. The molecule has 7 aromatic carbocycles. The lowest BCUT2D eigenvalue weighted by Gasteiger charge is -2.27. The van der Waals surface area contributed by atoms with Crippen LogP contribution in [-0.4, -0.2) is 105 Å². The smallest absolute Gasteiger partial charge is 0.338 e. The fourth-order valence-electron chi connectivity index (χ4n) is 9.69. The van der Waals surface area contributed by atoms with Crippen LogP contribution in [0.3, 0.4) is 0 Å². The van der Waals surface area contributed by atoms with Gasteiger partial charge in [0, 0.05) is 0 Å². The van der Waals surface area contributed by atoms with Gasteiger partial charge in [0.15, 0.2) is 25.0 Å². The number of carbonyl (C=O) groups is 1. The van der Waals surface area contributed by atoms with Crippen LogP contribution in [0.4, 0.5) is 0 Å². The molecule has 0 unspecified atom stereocenters. The Labute approximate surface area is 455 Å². The molecule has 3 fully saturated rings. The van der Waals surface area contributed by atoms with Crippen LogP contribution in [0.15, 0.2) is 212 Å². The Morgan fingerprint density at radius 1 is 0.333 bits per heavy atom. The van der Waals surface area contributed by atoms with Gasteiger partial charge in [-0.3, -0.25) is 0 Å². The first-order valence-corrected chi connectivity index (χ1v) is 26.5. The number of rotatable bonds is 27. The molecule has 3 aliphatic heterocycles. The van der Waals surface area contributed by atoms with E-state index in [0.717, 1.165) is 33.4 Å². The summed E-state index contributed by atoms with van der Waals surface area (Å²) in [6.45, 7) is 1.32. The summed E-state index contributed by atoms with van der Waals surface area (Å²) in [6.07, 6.45) is -10.9. The summed E-state index contributed by atoms with van der Waals surface area (Å²) in [4.78, 5) is 14.0. The Morgan fingerprint density at radius 2 is 0.641 bits per heavy atom. The molecule has 12 atom stereocenters. The van der Waals surface area contributed by atoms with Gasteiger partial charge in [-0.25, -0.2) is 4.79 Å². The zero-order valence-corrected chi connectivity index (χ0v) is 43.3. The molecule has 3 saturated heterocycles. The van der Waals surface area contributed by atoms with Crippen molar-refractivity contribution in [2.75, 3.05) is 19.8 Å². The average molecular weight is 1060 g/mol. The lowest BCUT2D eigenvalue weighted by molar-refractivity contribution is -0.221. The second-order valence-corrected chi connectivity index (χ2v) is 19.4. The maximum absolute atomic E-state index is 14.0. The lowest BCUT2D eigenvalue weighted by Crippen LogP contribution is -2.43. The van der Waals surface area contributed by atoms with Gasteiger partial charge in [-0.05, 0) is 45.5 Å². The van der Waals surface area contributed by atoms with E-state index in [0.29, 0.717) is 12.2 Å². The summed E-state index contributed by atoms with van der Waals surface area (Å²) in [5.74, 6) is -0.570. The van der Waals surface area contributed by atoms with Gasteiger partial charge in [-0.15, -0.1) is 0 Å². The van der Waals surface area contributed by atoms with Gasteiger partial charge in [-0.1, -0.05) is 200 Å². The van der Waals surface area contributed by atoms with Gasteiger partial charge in [0.25, 0.3) is 0 Å². The average Bonchev–Trinajstić information content (AvgIpc) is 4.18. The molecule has 0 spiro atoms. The van der Waals surface area contributed by atoms with Crippen LogP contribution in [0, 0.1) is 0 Å². The maximum atomic E-state index is 14.0. The van der Waals surface area contributed by atoms with Crippen molar-refractivity contribution in [1.82, 2.24) is 0 Å². The molecule has 0 bridgehead atoms. The molecule has 0 saturated carbocycles. The molecule has 7 aromatic rings. The zero-order chi connectivity index (χ0) is 53.1. The van der Waals surface area contributed by atoms with Gasteiger partial charge >= 0.3 is 5.97 Å². The van der Waals surface area contributed by atoms with Crippen LogP contribution >= 0.6 is 0 Å². The summed E-state index contributed by atoms with van der Waals surface area (Å²) in [6, 6.07) is 67.5. The van der Waals surface area contributed by atoms with Crippen molar-refractivity contribution in [2.45, 2.75) is 113 Å². The highest BCUT2D eigenvalue weighted by Gasteiger charge is 2.53. The minimum Gasteiger partial charge on any atom is -0.450 e. The Bertz CT molecular complexity index is 2800. The molecule has 0 aliphatic carbocycles. The van der Waals surface area contributed by atoms with E-state index in [1.165, 1.54) is 0 Å². The molecular formula is C64H66O14. The second-order valence-electron chi connectivity index (χ2n) is 19.4. The van der Waals surface area contributed by atoms with Crippen molar-refractivity contribution in [1.29, 1.82) is 0 Å². The largest absolute Gasteiger partial charge is 0.450 e. The second kappa shape index (κ2) is 28.4. The summed E-state index contributed by atoms with van der Waals surface area (Å²) in [7, 11) is 0. The van der Waals surface area contributed by atoms with Crippen LogP contribution in [0.1, 0.15) is 43.7 Å². The summed E-state index contributed by atoms with van der Waals surface area (Å²) >= 11 is 0. The van der Waals surface area contributed by atoms with E-state index in [2.05, 4.69) is 0 Å². The number of ether oxygens (including phenoxy) is 12. The van der Waals surface area contributed by atoms with E-state index in [-0.39, 0.29) is 52.9 Å². The highest BCUT2D eigenvalue weighted by atomic mass is 16.8. The number of hydrogen-bond acceptors (Lipinski definition) is 14. The first-order valence-electron chi connectivity index (χ1n) is 26.5. The Morgan fingerprint density at radius 3 is 1.06 bits per heavy atom. The fourth-order valence-corrected chi connectivity index (χ4v) is 9.69. The first-order chi connectivity index (χ1) is 38.5. The van der Waals surface area contributed by atoms with Crippen molar-refractivity contribution in [3.8, 4) is 0 Å². The normalized spacial score (nSPS) is 25.8. The third-order valence-corrected chi connectivity index (χ3v) is 13.7. The van der Waals surface area contributed by atoms with E-state index in [9.17, 15) is 9.90 Å². The van der Waals surface area contributed by atoms with Crippen LogP contribution in [-0.2, 0) is 96.5 Å². The van der Waals surface area contributed by atoms with E-state index >= 15 is 0 Å². The van der Waals surface area contributed by atoms with E-state index in [1.807, 2.05) is 188 Å². The lowest BCUT2D eigenvalue weighted by atomic mass is 10.1. The predicted molar refractivity (Wildman–Crippen MR) is 287 cm³/mol. The van der Waals surface area contributed by atoms with Crippen LogP contribution in [0.5, 0.6) is 0 Å². The molecule has 406 valence electrons. The molecule has 3 aliphatic rings. The van der Waals surface area contributed by atoms with Crippen LogP contribution in [0.25, 0.3) is 0 Å². The van der Waals surface area contributed by atoms with Gasteiger partial charge in [0.2, 0.25) is 0 Å². The Balaban J connectivity index is 0.915. The van der Waals surface area contributed by atoms with Crippen molar-refractivity contribution < 1.29 is 66.7 Å². The highest BCUT2D eigenvalue weighted by Crippen LogP contribution is 2.35. The van der Waals surface area contributed by atoms with Crippen molar-refractivity contribution in [3.63, 3.8) is 0 Å². The molecular weight excluding hydrogens is 993 g/mol. The Hall–Kier alpha value is -6.47. The number of aliphatic hydroxyl groups is 1. The molecule has 1 N–H and O–H groups in total. The van der Waals surface area contributed by atoms with Gasteiger partial charge in [0.05, 0.1) is 65.0 Å². The topological polar surface area (TPSA) is 148 Å². The molecule has 0 amide bonds. The summed E-state index contributed by atoms with van der Waals surface area (Å²) in [5.41, 5.74) is 6.00. The molecule has 78 heavy (non-hydrogen) atoms. The number of aliphatic hydroxyl groups excluding tert-OH is 1. The van der Waals surface area contributed by atoms with Gasteiger partial charge in [-0.2, -0.15) is 0 Å². The van der Waals surface area contributed by atoms with Crippen molar-refractivity contribution in [3.05, 3.63) is 251 Å². The predicted octanol–water partition coefficient (Wildman–Crippen LogP) is 9.56. The number of hydrogen-bond donors (Lipinski definition) is 1. The van der Waals surface area contributed by atoms with Crippen LogP contribution < -0.4 is 0 Å². The van der Waals surface area contributed by atoms with E-state index in [4.69, 9.17) is 56.8 Å². The molecule has 10 rings (SSSR count). The van der Waals surface area contributed by atoms with E-state index in [1.54, 1.807) is 24.3 Å². The number of esters is 1. The summed E-state index contributed by atoms with van der Waals surface area (Å²) < 4.78 is 79.0. The van der Waals surface area contributed by atoms with E-state index < -0.39 is 79.8 Å². The standard InChI is InChI=1S/C64H66O14/c65-61(51-34-20-7-21-35-51)78-60-57(70-39-48-28-14-4-15-29-48)52(42-67-36-45-22-8-1-9-23-45)76-64(60)74-44-54-56(69-38-47-26-12-3-13-27-47)59(72-41-50-32-18-6-19-33-50)63(77-54)73-43-53-55(68-37-46-24-10-2-11-25-46)58(62(66)75-53)71-40-49-30-16-5-17-31-49/h1-35,52-60,62-64,66H,36-44H2/t52-,53-,54-,55-,56-,57-,58+,59+,60+,62+,63+,64+/m1/s1. The molecule has 0 aromatic heterocycles. The minimum absolute atomic E-state index is 0.0785. The number of benzene rings is 7. The van der Waals surface area contributed by atoms with Gasteiger partial charge < -0.3 is 61.9 Å². The highest BCUT2D eigenvalue weighted by molar-refractivity contribution is 5.89. The third-order valence-electron chi connectivity index (χ3n) is 13.7.